The van der Waals surface area contributed by atoms with Crippen LogP contribution in [0.25, 0.3) is 17.0 Å². The molecule has 0 unspecified atom stereocenters. The Labute approximate surface area is 190 Å². The molecule has 0 saturated carbocycles. The number of aliphatic hydroxyl groups is 1. The van der Waals surface area contributed by atoms with Crippen LogP contribution in [0.1, 0.15) is 12.5 Å². The average molecular weight is 459 g/mol. The first-order valence-electron chi connectivity index (χ1n) is 10.4. The predicted octanol–water partition coefficient (Wildman–Crippen LogP) is 1.97. The summed E-state index contributed by atoms with van der Waals surface area (Å²) in [5.41, 5.74) is 2.19. The maximum Gasteiger partial charge on any atom is 0.265 e. The molecule has 2 fully saturated rings. The fourth-order valence-corrected chi connectivity index (χ4v) is 5.37. The highest BCUT2D eigenvalue weighted by Gasteiger charge is 2.31. The van der Waals surface area contributed by atoms with Crippen molar-refractivity contribution in [2.75, 3.05) is 51.3 Å². The van der Waals surface area contributed by atoms with Crippen LogP contribution in [0.3, 0.4) is 0 Å². The number of para-hydroxylation sites is 1. The number of amides is 1. The Bertz CT molecular complexity index is 1120. The Morgan fingerprint density at radius 3 is 2.48 bits per heavy atom. The smallest absolute Gasteiger partial charge is 0.265 e. The normalized spacial score (nSPS) is 19.3. The first kappa shape index (κ1) is 22.0. The van der Waals surface area contributed by atoms with Gasteiger partial charge < -0.3 is 14.6 Å². The maximum absolute atomic E-state index is 13.6. The number of hydrogen-bond donors (Lipinski definition) is 1. The summed E-state index contributed by atoms with van der Waals surface area (Å²) >= 11 is 6.51. The molecule has 1 N–H and O–H groups in total. The molecule has 3 heterocycles. The standard InChI is InChI=1S/C22H26N4O3S2/c1-3-26-17-7-5-4-6-15(17)19(25-10-8-24(9-11-25)12-13-27)16(20(26)28)14-18-21(29)23(2)22(30)31-18/h4-7,14,27H,3,8-13H2,1-2H3. The highest BCUT2D eigenvalue weighted by Crippen LogP contribution is 2.35. The van der Waals surface area contributed by atoms with Gasteiger partial charge >= 0.3 is 0 Å². The van der Waals surface area contributed by atoms with E-state index in [1.807, 2.05) is 31.2 Å². The number of aromatic nitrogens is 1. The molecule has 0 atom stereocenters. The Hall–Kier alpha value is -2.20. The van der Waals surface area contributed by atoms with Gasteiger partial charge in [-0.2, -0.15) is 0 Å². The number of anilines is 1. The molecule has 0 bridgehead atoms. The number of fused-ring (bicyclic) bond motifs is 1. The van der Waals surface area contributed by atoms with Crippen molar-refractivity contribution in [3.8, 4) is 0 Å². The van der Waals surface area contributed by atoms with Crippen LogP contribution >= 0.6 is 24.0 Å². The number of thioether (sulfide) groups is 1. The molecule has 2 saturated heterocycles. The average Bonchev–Trinajstić information content (AvgIpc) is 3.02. The van der Waals surface area contributed by atoms with Crippen LogP contribution in [0.4, 0.5) is 5.69 Å². The number of carbonyl (C=O) groups is 1. The van der Waals surface area contributed by atoms with E-state index in [-0.39, 0.29) is 18.1 Å². The number of pyridine rings is 1. The molecule has 1 aromatic heterocycles. The van der Waals surface area contributed by atoms with Crippen LogP contribution in [-0.4, -0.2) is 76.1 Å². The molecule has 7 nitrogen and oxygen atoms in total. The Morgan fingerprint density at radius 2 is 1.87 bits per heavy atom. The van der Waals surface area contributed by atoms with Crippen molar-refractivity contribution in [1.82, 2.24) is 14.4 Å². The lowest BCUT2D eigenvalue weighted by atomic mass is 10.0. The number of benzene rings is 1. The molecule has 31 heavy (non-hydrogen) atoms. The Morgan fingerprint density at radius 1 is 1.16 bits per heavy atom. The second kappa shape index (κ2) is 9.12. The van der Waals surface area contributed by atoms with Gasteiger partial charge in [0.1, 0.15) is 4.32 Å². The summed E-state index contributed by atoms with van der Waals surface area (Å²) in [7, 11) is 1.66. The van der Waals surface area contributed by atoms with Gasteiger partial charge in [-0.05, 0) is 19.1 Å². The minimum atomic E-state index is -0.177. The van der Waals surface area contributed by atoms with Crippen LogP contribution in [0, 0.1) is 0 Å². The largest absolute Gasteiger partial charge is 0.395 e. The maximum atomic E-state index is 13.6. The number of aryl methyl sites for hydroxylation is 1. The van der Waals surface area contributed by atoms with E-state index in [1.165, 1.54) is 16.7 Å². The van der Waals surface area contributed by atoms with Crippen molar-refractivity contribution in [2.24, 2.45) is 0 Å². The lowest BCUT2D eigenvalue weighted by Crippen LogP contribution is -2.48. The van der Waals surface area contributed by atoms with Crippen LogP contribution in [0.5, 0.6) is 0 Å². The van der Waals surface area contributed by atoms with E-state index in [2.05, 4.69) is 9.80 Å². The zero-order valence-corrected chi connectivity index (χ0v) is 19.3. The van der Waals surface area contributed by atoms with Crippen molar-refractivity contribution in [1.29, 1.82) is 0 Å². The number of thiocarbonyl (C=S) groups is 1. The van der Waals surface area contributed by atoms with E-state index in [0.29, 0.717) is 27.9 Å². The third-order valence-corrected chi connectivity index (χ3v) is 7.35. The molecular formula is C22H26N4O3S2. The van der Waals surface area contributed by atoms with Gasteiger partial charge in [0.15, 0.2) is 0 Å². The van der Waals surface area contributed by atoms with Crippen LogP contribution in [0.15, 0.2) is 34.0 Å². The molecule has 0 spiro atoms. The molecule has 2 aromatic rings. The number of β-amino-alcohol motifs (C(OH)–C–C–N with tert-alkyl or cyclic N) is 1. The number of nitrogens with zero attached hydrogens (tertiary/aromatic N) is 4. The molecule has 1 amide bonds. The first-order valence-corrected chi connectivity index (χ1v) is 11.6. The van der Waals surface area contributed by atoms with Crippen LogP contribution < -0.4 is 10.5 Å². The summed E-state index contributed by atoms with van der Waals surface area (Å²) in [4.78, 5) is 32.6. The number of piperazine rings is 1. The van der Waals surface area contributed by atoms with Crippen LogP contribution in [-0.2, 0) is 11.3 Å². The molecule has 4 rings (SSSR count). The van der Waals surface area contributed by atoms with Gasteiger partial charge in [-0.15, -0.1) is 0 Å². The number of hydrogen-bond acceptors (Lipinski definition) is 7. The third kappa shape index (κ3) is 4.03. The van der Waals surface area contributed by atoms with E-state index in [0.717, 1.165) is 42.8 Å². The summed E-state index contributed by atoms with van der Waals surface area (Å²) < 4.78 is 2.26. The van der Waals surface area contributed by atoms with Crippen molar-refractivity contribution in [3.63, 3.8) is 0 Å². The van der Waals surface area contributed by atoms with Crippen molar-refractivity contribution in [3.05, 3.63) is 45.1 Å². The molecule has 0 radical (unpaired) electrons. The molecule has 0 aliphatic carbocycles. The van der Waals surface area contributed by atoms with Gasteiger partial charge in [0.25, 0.3) is 11.5 Å². The molecule has 2 aliphatic heterocycles. The highest BCUT2D eigenvalue weighted by molar-refractivity contribution is 8.26. The lowest BCUT2D eigenvalue weighted by molar-refractivity contribution is -0.121. The summed E-state index contributed by atoms with van der Waals surface area (Å²) in [6, 6.07) is 7.94. The minimum absolute atomic E-state index is 0.102. The van der Waals surface area contributed by atoms with Crippen LogP contribution in [0.2, 0.25) is 0 Å². The summed E-state index contributed by atoms with van der Waals surface area (Å²) in [5, 5.41) is 10.3. The van der Waals surface area contributed by atoms with Gasteiger partial charge in [0.2, 0.25) is 0 Å². The van der Waals surface area contributed by atoms with E-state index < -0.39 is 0 Å². The summed E-state index contributed by atoms with van der Waals surface area (Å²) in [6.45, 7) is 6.39. The zero-order valence-electron chi connectivity index (χ0n) is 17.7. The van der Waals surface area contributed by atoms with Crippen molar-refractivity contribution >= 4 is 56.9 Å². The first-order chi connectivity index (χ1) is 15.0. The van der Waals surface area contributed by atoms with E-state index >= 15 is 0 Å². The molecular weight excluding hydrogens is 432 g/mol. The van der Waals surface area contributed by atoms with E-state index in [1.54, 1.807) is 17.7 Å². The number of carbonyl (C=O) groups excluding carboxylic acids is 1. The van der Waals surface area contributed by atoms with Crippen molar-refractivity contribution < 1.29 is 9.90 Å². The van der Waals surface area contributed by atoms with E-state index in [4.69, 9.17) is 12.2 Å². The van der Waals surface area contributed by atoms with E-state index in [9.17, 15) is 14.7 Å². The Kier molecular flexibility index (Phi) is 6.47. The predicted molar refractivity (Wildman–Crippen MR) is 131 cm³/mol. The SMILES string of the molecule is CCn1c(=O)c(C=C2SC(=S)N(C)C2=O)c(N2CCN(CCO)CC2)c2ccccc21. The molecule has 9 heteroatoms. The second-order valence-electron chi connectivity index (χ2n) is 7.62. The molecule has 2 aliphatic rings. The second-order valence-corrected chi connectivity index (χ2v) is 9.30. The zero-order chi connectivity index (χ0) is 22.1. The fourth-order valence-electron chi connectivity index (χ4n) is 4.21. The number of likely N-dealkylation sites (N-methyl/N-ethyl adjacent to an activating group) is 1. The fraction of sp³-hybridized carbons (Fsp3) is 0.409. The third-order valence-electron chi connectivity index (χ3n) is 5.86. The minimum Gasteiger partial charge on any atom is -0.395 e. The quantitative estimate of drug-likeness (QED) is 0.543. The summed E-state index contributed by atoms with van der Waals surface area (Å²) in [6.07, 6.45) is 1.72. The molecule has 164 valence electrons. The number of aliphatic hydroxyl groups excluding tert-OH is 1. The Balaban J connectivity index is 1.89. The van der Waals surface area contributed by atoms with Gasteiger partial charge in [-0.25, -0.2) is 0 Å². The highest BCUT2D eigenvalue weighted by atomic mass is 32.2. The van der Waals surface area contributed by atoms with Gasteiger partial charge in [0, 0.05) is 51.7 Å². The topological polar surface area (TPSA) is 69.0 Å². The molecule has 1 aromatic carbocycles. The van der Waals surface area contributed by atoms with Crippen molar-refractivity contribution in [2.45, 2.75) is 13.5 Å². The lowest BCUT2D eigenvalue weighted by Gasteiger charge is -2.37. The van der Waals surface area contributed by atoms with Gasteiger partial charge in [-0.3, -0.25) is 19.4 Å². The van der Waals surface area contributed by atoms with Gasteiger partial charge in [0.05, 0.1) is 28.3 Å². The number of rotatable bonds is 5. The monoisotopic (exact) mass is 458 g/mol. The summed E-state index contributed by atoms with van der Waals surface area (Å²) in [5.74, 6) is -0.177. The van der Waals surface area contributed by atoms with Gasteiger partial charge in [-0.1, -0.05) is 42.2 Å².